The average Bonchev–Trinajstić information content (AvgIpc) is 3.51. The van der Waals surface area contributed by atoms with E-state index in [0.29, 0.717) is 5.69 Å². The van der Waals surface area contributed by atoms with E-state index in [9.17, 15) is 17.6 Å². The van der Waals surface area contributed by atoms with Gasteiger partial charge < -0.3 is 5.32 Å². The smallest absolute Gasteiger partial charge is 0.228 e. The van der Waals surface area contributed by atoms with Crippen molar-refractivity contribution in [2.75, 3.05) is 5.32 Å². The van der Waals surface area contributed by atoms with Gasteiger partial charge in [-0.25, -0.2) is 12.8 Å². The van der Waals surface area contributed by atoms with Gasteiger partial charge in [0.05, 0.1) is 9.79 Å². The molecule has 1 heterocycles. The largest absolute Gasteiger partial charge is 0.326 e. The summed E-state index contributed by atoms with van der Waals surface area (Å²) in [6.07, 6.45) is 4.24. The van der Waals surface area contributed by atoms with E-state index in [-0.39, 0.29) is 27.5 Å². The van der Waals surface area contributed by atoms with Crippen LogP contribution in [-0.4, -0.2) is 19.3 Å². The lowest BCUT2D eigenvalue weighted by Gasteiger charge is -2.08. The van der Waals surface area contributed by atoms with E-state index in [1.165, 1.54) is 24.3 Å². The molecule has 0 spiro atoms. The van der Waals surface area contributed by atoms with Crippen LogP contribution in [0.2, 0.25) is 0 Å². The molecule has 0 bridgehead atoms. The van der Waals surface area contributed by atoms with Crippen molar-refractivity contribution in [2.24, 2.45) is 5.92 Å². The number of halogens is 1. The zero-order valence-electron chi connectivity index (χ0n) is 14.7. The van der Waals surface area contributed by atoms with Crippen molar-refractivity contribution in [3.63, 3.8) is 0 Å². The molecule has 142 valence electrons. The molecule has 0 unspecified atom stereocenters. The summed E-state index contributed by atoms with van der Waals surface area (Å²) in [6.45, 7) is 0. The summed E-state index contributed by atoms with van der Waals surface area (Å²) in [6, 6.07) is 14.4. The van der Waals surface area contributed by atoms with Crippen LogP contribution in [0.3, 0.4) is 0 Å². The number of nitrogens with one attached hydrogen (secondary N) is 1. The van der Waals surface area contributed by atoms with Gasteiger partial charge in [0.1, 0.15) is 5.82 Å². The first-order chi connectivity index (χ1) is 13.4. The summed E-state index contributed by atoms with van der Waals surface area (Å²) < 4.78 is 38.2. The van der Waals surface area contributed by atoms with Gasteiger partial charge in [-0.15, -0.1) is 0 Å². The van der Waals surface area contributed by atoms with Gasteiger partial charge in [-0.1, -0.05) is 6.07 Å². The van der Waals surface area contributed by atoms with E-state index in [2.05, 4.69) is 10.3 Å². The van der Waals surface area contributed by atoms with Crippen LogP contribution in [0, 0.1) is 11.7 Å². The maximum absolute atomic E-state index is 13.0. The minimum atomic E-state index is -3.74. The van der Waals surface area contributed by atoms with E-state index in [1.807, 2.05) is 12.1 Å². The van der Waals surface area contributed by atoms with E-state index in [0.717, 1.165) is 24.1 Å². The van der Waals surface area contributed by atoms with Gasteiger partial charge in [0.25, 0.3) is 0 Å². The first-order valence-corrected chi connectivity index (χ1v) is 10.2. The van der Waals surface area contributed by atoms with Crippen molar-refractivity contribution >= 4 is 21.4 Å². The Bertz CT molecular complexity index is 1100. The minimum absolute atomic E-state index is 0.0166. The second-order valence-corrected chi connectivity index (χ2v) is 8.66. The van der Waals surface area contributed by atoms with Crippen molar-refractivity contribution in [2.45, 2.75) is 22.1 Å². The Hall–Kier alpha value is -3.06. The van der Waals surface area contributed by atoms with Gasteiger partial charge in [0.15, 0.2) is 0 Å². The molecule has 1 aromatic heterocycles. The zero-order chi connectivity index (χ0) is 19.7. The lowest BCUT2D eigenvalue weighted by atomic mass is 10.1. The summed E-state index contributed by atoms with van der Waals surface area (Å²) in [7, 11) is -3.74. The molecule has 1 N–H and O–H groups in total. The van der Waals surface area contributed by atoms with Crippen LogP contribution in [-0.2, 0) is 14.6 Å². The molecule has 1 aliphatic carbocycles. The summed E-state index contributed by atoms with van der Waals surface area (Å²) in [5.41, 5.74) is 1.57. The fourth-order valence-electron chi connectivity index (χ4n) is 3.15. The number of amides is 1. The van der Waals surface area contributed by atoms with E-state index in [4.69, 9.17) is 0 Å². The third kappa shape index (κ3) is 3.66. The fourth-order valence-corrected chi connectivity index (χ4v) is 4.41. The first kappa shape index (κ1) is 18.3. The number of aromatic nitrogens is 1. The molecular weight excluding hydrogens is 379 g/mol. The molecular formula is C21H17FN2O3S. The molecule has 1 saturated carbocycles. The van der Waals surface area contributed by atoms with Crippen molar-refractivity contribution in [3.05, 3.63) is 84.4 Å². The molecule has 5 nitrogen and oxygen atoms in total. The van der Waals surface area contributed by atoms with Crippen molar-refractivity contribution < 1.29 is 17.6 Å². The number of nitrogens with zero attached hydrogens (tertiary/aromatic N) is 1. The molecule has 1 fully saturated rings. The number of anilines is 1. The third-order valence-corrected chi connectivity index (χ3v) is 6.58. The molecule has 3 aromatic rings. The SMILES string of the molecule is O=C(Nc1ccc(S(=O)(=O)c2ccc(F)cc2)cc1)[C@@H]1C[C@@H]1c1cccnc1. The molecule has 0 radical (unpaired) electrons. The molecule has 2 aromatic carbocycles. The Labute approximate surface area is 162 Å². The number of carbonyl (C=O) groups is 1. The van der Waals surface area contributed by atoms with Crippen LogP contribution >= 0.6 is 0 Å². The highest BCUT2D eigenvalue weighted by atomic mass is 32.2. The van der Waals surface area contributed by atoms with Gasteiger partial charge >= 0.3 is 0 Å². The van der Waals surface area contributed by atoms with Crippen LogP contribution in [0.4, 0.5) is 10.1 Å². The Kier molecular flexibility index (Phi) is 4.68. The summed E-state index contributed by atoms with van der Waals surface area (Å²) in [4.78, 5) is 16.6. The number of benzene rings is 2. The van der Waals surface area contributed by atoms with Gasteiger partial charge in [0, 0.05) is 24.0 Å². The number of sulfone groups is 1. The maximum Gasteiger partial charge on any atom is 0.228 e. The fraction of sp³-hybridized carbons (Fsp3) is 0.143. The zero-order valence-corrected chi connectivity index (χ0v) is 15.6. The highest BCUT2D eigenvalue weighted by Gasteiger charge is 2.44. The molecule has 0 aliphatic heterocycles. The topological polar surface area (TPSA) is 76.1 Å². The van der Waals surface area contributed by atoms with Gasteiger partial charge in [-0.05, 0) is 72.5 Å². The van der Waals surface area contributed by atoms with Crippen LogP contribution in [0.5, 0.6) is 0 Å². The first-order valence-electron chi connectivity index (χ1n) is 8.77. The van der Waals surface area contributed by atoms with Crippen LogP contribution in [0.15, 0.2) is 82.8 Å². The Balaban J connectivity index is 1.44. The standard InChI is InChI=1S/C21H17FN2O3S/c22-15-3-7-17(8-4-15)28(26,27)18-9-5-16(6-10-18)24-21(25)20-12-19(20)14-2-1-11-23-13-14/h1-11,13,19-20H,12H2,(H,24,25)/t19-,20-/m1/s1. The van der Waals surface area contributed by atoms with Crippen LogP contribution < -0.4 is 5.32 Å². The number of carbonyl (C=O) groups excluding carboxylic acids is 1. The van der Waals surface area contributed by atoms with Gasteiger partial charge in [-0.3, -0.25) is 9.78 Å². The molecule has 28 heavy (non-hydrogen) atoms. The third-order valence-electron chi connectivity index (χ3n) is 4.80. The lowest BCUT2D eigenvalue weighted by molar-refractivity contribution is -0.117. The van der Waals surface area contributed by atoms with Crippen molar-refractivity contribution in [1.29, 1.82) is 0 Å². The molecule has 1 amide bonds. The van der Waals surface area contributed by atoms with Crippen molar-refractivity contribution in [3.8, 4) is 0 Å². The highest BCUT2D eigenvalue weighted by Crippen LogP contribution is 2.47. The number of pyridine rings is 1. The maximum atomic E-state index is 13.0. The minimum Gasteiger partial charge on any atom is -0.326 e. The average molecular weight is 396 g/mol. The molecule has 4 rings (SSSR count). The Morgan fingerprint density at radius 2 is 1.64 bits per heavy atom. The lowest BCUT2D eigenvalue weighted by Crippen LogP contribution is -2.14. The predicted molar refractivity (Wildman–Crippen MR) is 102 cm³/mol. The molecule has 2 atom stereocenters. The van der Waals surface area contributed by atoms with E-state index in [1.54, 1.807) is 24.5 Å². The second-order valence-electron chi connectivity index (χ2n) is 6.71. The van der Waals surface area contributed by atoms with Crippen LogP contribution in [0.25, 0.3) is 0 Å². The number of hydrogen-bond donors (Lipinski definition) is 1. The second kappa shape index (κ2) is 7.16. The number of rotatable bonds is 5. The Morgan fingerprint density at radius 3 is 2.25 bits per heavy atom. The normalized spacial score (nSPS) is 18.5. The summed E-state index contributed by atoms with van der Waals surface area (Å²) in [5, 5.41) is 2.83. The Morgan fingerprint density at radius 1 is 1.00 bits per heavy atom. The van der Waals surface area contributed by atoms with E-state index >= 15 is 0 Å². The highest BCUT2D eigenvalue weighted by molar-refractivity contribution is 7.91. The molecule has 0 saturated heterocycles. The predicted octanol–water partition coefficient (Wildman–Crippen LogP) is 3.80. The summed E-state index contributed by atoms with van der Waals surface area (Å²) in [5.74, 6) is -0.525. The van der Waals surface area contributed by atoms with Crippen molar-refractivity contribution in [1.82, 2.24) is 4.98 Å². The molecule has 1 aliphatic rings. The molecule has 7 heteroatoms. The number of hydrogen-bond acceptors (Lipinski definition) is 4. The van der Waals surface area contributed by atoms with Crippen LogP contribution in [0.1, 0.15) is 17.9 Å². The quantitative estimate of drug-likeness (QED) is 0.666. The monoisotopic (exact) mass is 396 g/mol. The van der Waals surface area contributed by atoms with E-state index < -0.39 is 15.7 Å². The van der Waals surface area contributed by atoms with Gasteiger partial charge in [-0.2, -0.15) is 0 Å². The van der Waals surface area contributed by atoms with Gasteiger partial charge in [0.2, 0.25) is 15.7 Å². The summed E-state index contributed by atoms with van der Waals surface area (Å²) >= 11 is 0.